The highest BCUT2D eigenvalue weighted by atomic mass is 32.1. The van der Waals surface area contributed by atoms with Gasteiger partial charge in [-0.1, -0.05) is 43.5 Å². The maximum Gasteiger partial charge on any atom is 0.187 e. The van der Waals surface area contributed by atoms with Crippen LogP contribution in [0.1, 0.15) is 56.1 Å². The predicted molar refractivity (Wildman–Crippen MR) is 100 cm³/mol. The van der Waals surface area contributed by atoms with Gasteiger partial charge in [0, 0.05) is 13.7 Å². The number of thiocarbonyl (C=S) groups is 1. The molecule has 4 nitrogen and oxygen atoms in total. The van der Waals surface area contributed by atoms with Crippen molar-refractivity contribution in [1.29, 1.82) is 0 Å². The van der Waals surface area contributed by atoms with E-state index in [2.05, 4.69) is 40.1 Å². The third-order valence-corrected chi connectivity index (χ3v) is 4.56. The smallest absolute Gasteiger partial charge is 0.187 e. The van der Waals surface area contributed by atoms with E-state index in [9.17, 15) is 0 Å². The average molecular weight is 334 g/mol. The van der Waals surface area contributed by atoms with E-state index in [1.807, 2.05) is 6.92 Å². The van der Waals surface area contributed by atoms with E-state index in [0.717, 1.165) is 17.2 Å². The second kappa shape index (κ2) is 9.63. The molecule has 1 fully saturated rings. The summed E-state index contributed by atoms with van der Waals surface area (Å²) in [6.45, 7) is 3.28. The van der Waals surface area contributed by atoms with Crippen LogP contribution in [0.15, 0.2) is 29.4 Å². The lowest BCUT2D eigenvalue weighted by molar-refractivity contribution is 0.204. The summed E-state index contributed by atoms with van der Waals surface area (Å²) in [7, 11) is 1.66. The molecule has 0 bridgehead atoms. The molecule has 0 radical (unpaired) electrons. The van der Waals surface area contributed by atoms with Crippen molar-refractivity contribution in [2.24, 2.45) is 5.10 Å². The zero-order chi connectivity index (χ0) is 16.5. The summed E-state index contributed by atoms with van der Waals surface area (Å²) in [6, 6.07) is 8.82. The lowest BCUT2D eigenvalue weighted by Gasteiger charge is -2.22. The van der Waals surface area contributed by atoms with E-state index in [-0.39, 0.29) is 0 Å². The molecule has 1 saturated carbocycles. The van der Waals surface area contributed by atoms with Crippen LogP contribution in [0.25, 0.3) is 0 Å². The van der Waals surface area contributed by atoms with Crippen LogP contribution in [0.4, 0.5) is 0 Å². The van der Waals surface area contributed by atoms with Gasteiger partial charge in [0.25, 0.3) is 0 Å². The van der Waals surface area contributed by atoms with Crippen LogP contribution in [-0.2, 0) is 4.74 Å². The maximum absolute atomic E-state index is 5.16. The van der Waals surface area contributed by atoms with Crippen LogP contribution in [0, 0.1) is 0 Å². The van der Waals surface area contributed by atoms with E-state index in [4.69, 9.17) is 17.0 Å². The van der Waals surface area contributed by atoms with Crippen molar-refractivity contribution in [3.8, 4) is 0 Å². The van der Waals surface area contributed by atoms with E-state index >= 15 is 0 Å². The quantitative estimate of drug-likeness (QED) is 0.362. The largest absolute Gasteiger partial charge is 0.383 e. The molecule has 0 spiro atoms. The Bertz CT molecular complexity index is 522. The van der Waals surface area contributed by atoms with Gasteiger partial charge in [0.2, 0.25) is 0 Å². The average Bonchev–Trinajstić information content (AvgIpc) is 2.61. The molecule has 0 saturated heterocycles. The maximum atomic E-state index is 5.16. The third kappa shape index (κ3) is 5.92. The van der Waals surface area contributed by atoms with Crippen LogP contribution >= 0.6 is 12.2 Å². The predicted octanol–water partition coefficient (Wildman–Crippen LogP) is 3.57. The normalized spacial score (nSPS) is 16.2. The lowest BCUT2D eigenvalue weighted by Crippen LogP contribution is -2.34. The molecular formula is C18H27N3OS. The van der Waals surface area contributed by atoms with E-state index in [0.29, 0.717) is 18.3 Å². The fraction of sp³-hybridized carbons (Fsp3) is 0.556. The number of hydrogen-bond acceptors (Lipinski definition) is 3. The van der Waals surface area contributed by atoms with Gasteiger partial charge in [-0.25, -0.2) is 0 Å². The summed E-state index contributed by atoms with van der Waals surface area (Å²) in [6.07, 6.45) is 6.78. The topological polar surface area (TPSA) is 45.6 Å². The summed E-state index contributed by atoms with van der Waals surface area (Å²) in [4.78, 5) is 0. The van der Waals surface area contributed by atoms with Gasteiger partial charge in [-0.15, -0.1) is 0 Å². The van der Waals surface area contributed by atoms with Crippen LogP contribution < -0.4 is 10.7 Å². The van der Waals surface area contributed by atoms with Crippen LogP contribution in [-0.4, -0.2) is 31.1 Å². The molecule has 0 aliphatic heterocycles. The Balaban J connectivity index is 1.87. The Morgan fingerprint density at radius 1 is 1.22 bits per heavy atom. The van der Waals surface area contributed by atoms with Crippen molar-refractivity contribution in [3.05, 3.63) is 35.4 Å². The molecule has 126 valence electrons. The summed E-state index contributed by atoms with van der Waals surface area (Å²) >= 11 is 5.16. The SMILES string of the molecule is COCCNC(=S)NN=C(C)c1ccc(C2CCCCC2)cc1. The van der Waals surface area contributed by atoms with Gasteiger partial charge in [-0.2, -0.15) is 5.10 Å². The van der Waals surface area contributed by atoms with Gasteiger partial charge in [0.1, 0.15) is 0 Å². The third-order valence-electron chi connectivity index (χ3n) is 4.32. The van der Waals surface area contributed by atoms with E-state index in [1.165, 1.54) is 37.7 Å². The number of methoxy groups -OCH3 is 1. The Labute approximate surface area is 144 Å². The number of nitrogens with zero attached hydrogens (tertiary/aromatic N) is 1. The molecule has 1 aliphatic carbocycles. The van der Waals surface area contributed by atoms with E-state index < -0.39 is 0 Å². The van der Waals surface area contributed by atoms with Crippen molar-refractivity contribution in [3.63, 3.8) is 0 Å². The molecule has 0 atom stereocenters. The van der Waals surface area contributed by atoms with Gasteiger partial charge >= 0.3 is 0 Å². The van der Waals surface area contributed by atoms with Gasteiger partial charge in [-0.3, -0.25) is 5.43 Å². The lowest BCUT2D eigenvalue weighted by atomic mass is 9.84. The Morgan fingerprint density at radius 3 is 2.57 bits per heavy atom. The summed E-state index contributed by atoms with van der Waals surface area (Å²) in [5, 5.41) is 7.88. The summed E-state index contributed by atoms with van der Waals surface area (Å²) in [5.41, 5.74) is 6.38. The van der Waals surface area contributed by atoms with Gasteiger partial charge in [-0.05, 0) is 49.0 Å². The first kappa shape index (κ1) is 17.9. The van der Waals surface area contributed by atoms with Crippen molar-refractivity contribution < 1.29 is 4.74 Å². The highest BCUT2D eigenvalue weighted by Gasteiger charge is 2.15. The number of rotatable bonds is 6. The molecule has 1 aromatic carbocycles. The van der Waals surface area contributed by atoms with Gasteiger partial charge in [0.15, 0.2) is 5.11 Å². The molecule has 2 rings (SSSR count). The molecule has 1 aliphatic rings. The number of hydrazone groups is 1. The highest BCUT2D eigenvalue weighted by molar-refractivity contribution is 7.80. The molecule has 0 unspecified atom stereocenters. The minimum absolute atomic E-state index is 0.514. The number of hydrogen-bond donors (Lipinski definition) is 2. The van der Waals surface area contributed by atoms with Crippen molar-refractivity contribution in [2.75, 3.05) is 20.3 Å². The summed E-state index contributed by atoms with van der Waals surface area (Å²) < 4.78 is 4.96. The minimum atomic E-state index is 0.514. The highest BCUT2D eigenvalue weighted by Crippen LogP contribution is 2.32. The van der Waals surface area contributed by atoms with E-state index in [1.54, 1.807) is 7.11 Å². The van der Waals surface area contributed by atoms with Gasteiger partial charge < -0.3 is 10.1 Å². The first-order valence-corrected chi connectivity index (χ1v) is 8.79. The number of benzene rings is 1. The molecule has 1 aromatic rings. The monoisotopic (exact) mass is 333 g/mol. The molecule has 2 N–H and O–H groups in total. The standard InChI is InChI=1S/C18H27N3OS/c1-14(20-21-18(23)19-12-13-22-2)15-8-10-17(11-9-15)16-6-4-3-5-7-16/h8-11,16H,3-7,12-13H2,1-2H3,(H2,19,21,23). The molecule has 0 amide bonds. The first-order valence-electron chi connectivity index (χ1n) is 8.38. The number of ether oxygens (including phenoxy) is 1. The van der Waals surface area contributed by atoms with Crippen molar-refractivity contribution >= 4 is 23.0 Å². The molecular weight excluding hydrogens is 306 g/mol. The van der Waals surface area contributed by atoms with Crippen LogP contribution in [0.3, 0.4) is 0 Å². The molecule has 0 aromatic heterocycles. The zero-order valence-corrected chi connectivity index (χ0v) is 14.9. The zero-order valence-electron chi connectivity index (χ0n) is 14.1. The Hall–Kier alpha value is -1.46. The fourth-order valence-corrected chi connectivity index (χ4v) is 3.09. The fourth-order valence-electron chi connectivity index (χ4n) is 2.94. The van der Waals surface area contributed by atoms with Crippen molar-refractivity contribution in [2.45, 2.75) is 44.9 Å². The van der Waals surface area contributed by atoms with Crippen LogP contribution in [0.2, 0.25) is 0 Å². The second-order valence-corrected chi connectivity index (χ2v) is 6.42. The minimum Gasteiger partial charge on any atom is -0.383 e. The van der Waals surface area contributed by atoms with Gasteiger partial charge in [0.05, 0.1) is 12.3 Å². The van der Waals surface area contributed by atoms with Crippen molar-refractivity contribution in [1.82, 2.24) is 10.7 Å². The number of nitrogens with one attached hydrogen (secondary N) is 2. The summed E-state index contributed by atoms with van der Waals surface area (Å²) in [5.74, 6) is 0.741. The Kier molecular flexibility index (Phi) is 7.49. The molecule has 23 heavy (non-hydrogen) atoms. The Morgan fingerprint density at radius 2 is 1.91 bits per heavy atom. The molecule has 0 heterocycles. The van der Waals surface area contributed by atoms with Crippen LogP contribution in [0.5, 0.6) is 0 Å². The first-order chi connectivity index (χ1) is 11.2. The molecule has 5 heteroatoms. The second-order valence-electron chi connectivity index (χ2n) is 6.01.